The molecule has 0 aliphatic heterocycles. The van der Waals surface area contributed by atoms with Gasteiger partial charge in [0, 0.05) is 19.3 Å². The van der Waals surface area contributed by atoms with Crippen molar-refractivity contribution in [2.75, 3.05) is 0 Å². The van der Waals surface area contributed by atoms with Gasteiger partial charge in [-0.1, -0.05) is 50.6 Å². The Hall–Kier alpha value is -3.68. The number of hydrogen-bond donors (Lipinski definition) is 2. The third-order valence-corrected chi connectivity index (χ3v) is 4.80. The number of aromatic hydroxyl groups is 2. The molecule has 8 nitrogen and oxygen atoms in total. The minimum absolute atomic E-state index is 0.0944. The number of phenolic OH excluding ortho intramolecular Hbond substituents is 2. The van der Waals surface area contributed by atoms with Crippen LogP contribution in [0.15, 0.2) is 24.3 Å². The third kappa shape index (κ3) is 5.14. The van der Waals surface area contributed by atoms with Crippen LogP contribution in [0.3, 0.4) is 0 Å². The summed E-state index contributed by atoms with van der Waals surface area (Å²) >= 11 is 0. The largest absolute Gasteiger partial charge is 0.504 e. The fraction of sp³-hybridized carbons (Fsp3) is 0.333. The topological polar surface area (TPSA) is 127 Å². The maximum atomic E-state index is 13.1. The van der Waals surface area contributed by atoms with Crippen molar-refractivity contribution in [2.45, 2.75) is 53.6 Å². The number of Topliss-reactive ketones (excluding diaryl/α,β-unsaturated/α-hetero) is 2. The Morgan fingerprint density at radius 1 is 0.781 bits per heavy atom. The molecule has 0 unspecified atom stereocenters. The number of carbonyl (C=O) groups excluding carboxylic acids is 4. The van der Waals surface area contributed by atoms with Crippen LogP contribution in [0.4, 0.5) is 0 Å². The molecule has 0 spiro atoms. The van der Waals surface area contributed by atoms with Gasteiger partial charge in [-0.25, -0.2) is 4.79 Å². The minimum Gasteiger partial charge on any atom is -0.504 e. The summed E-state index contributed by atoms with van der Waals surface area (Å²) in [4.78, 5) is 50.3. The zero-order valence-electron chi connectivity index (χ0n) is 18.5. The fourth-order valence-electron chi connectivity index (χ4n) is 2.99. The fourth-order valence-corrected chi connectivity index (χ4v) is 2.99. The molecule has 0 aromatic heterocycles. The molecule has 0 aliphatic carbocycles. The first kappa shape index (κ1) is 24.6. The Morgan fingerprint density at radius 2 is 1.34 bits per heavy atom. The van der Waals surface area contributed by atoms with E-state index in [0.29, 0.717) is 5.56 Å². The van der Waals surface area contributed by atoms with Crippen molar-refractivity contribution < 1.29 is 38.9 Å². The maximum Gasteiger partial charge on any atom is 0.340 e. The molecule has 0 aliphatic rings. The Labute approximate surface area is 185 Å². The average Bonchev–Trinajstić information content (AvgIpc) is 2.80. The number of esters is 2. The summed E-state index contributed by atoms with van der Waals surface area (Å²) in [5, 5.41) is 21.0. The van der Waals surface area contributed by atoms with Gasteiger partial charge in [-0.15, -0.1) is 0 Å². The molecule has 0 bridgehead atoms. The SMILES string of the molecule is CCC(=O)Oc1c(O)c(O)c(C(=O)CC)c(C(=O)OCc2ccc(C)cc2)c1C(=O)CC. The van der Waals surface area contributed by atoms with E-state index in [-0.39, 0.29) is 25.9 Å². The number of ether oxygens (including phenoxy) is 2. The van der Waals surface area contributed by atoms with Crippen LogP contribution in [0.5, 0.6) is 17.2 Å². The van der Waals surface area contributed by atoms with Gasteiger partial charge in [-0.05, 0) is 12.5 Å². The van der Waals surface area contributed by atoms with Crippen LogP contribution in [-0.4, -0.2) is 33.7 Å². The van der Waals surface area contributed by atoms with Gasteiger partial charge < -0.3 is 19.7 Å². The molecule has 0 saturated carbocycles. The molecule has 170 valence electrons. The molecule has 0 amide bonds. The number of phenols is 2. The average molecular weight is 442 g/mol. The maximum absolute atomic E-state index is 13.1. The zero-order chi connectivity index (χ0) is 24.0. The van der Waals surface area contributed by atoms with E-state index in [4.69, 9.17) is 9.47 Å². The van der Waals surface area contributed by atoms with E-state index in [9.17, 15) is 29.4 Å². The summed E-state index contributed by atoms with van der Waals surface area (Å²) in [6, 6.07) is 7.16. The van der Waals surface area contributed by atoms with E-state index in [1.165, 1.54) is 20.8 Å². The first-order valence-corrected chi connectivity index (χ1v) is 10.3. The smallest absolute Gasteiger partial charge is 0.340 e. The molecule has 0 fully saturated rings. The highest BCUT2D eigenvalue weighted by atomic mass is 16.5. The predicted molar refractivity (Wildman–Crippen MR) is 115 cm³/mol. The molecule has 8 heteroatoms. The number of hydrogen-bond acceptors (Lipinski definition) is 8. The summed E-state index contributed by atoms with van der Waals surface area (Å²) in [7, 11) is 0. The monoisotopic (exact) mass is 442 g/mol. The molecule has 0 radical (unpaired) electrons. The first-order valence-electron chi connectivity index (χ1n) is 10.3. The van der Waals surface area contributed by atoms with Crippen molar-refractivity contribution in [3.8, 4) is 17.2 Å². The Morgan fingerprint density at radius 3 is 1.88 bits per heavy atom. The summed E-state index contributed by atoms with van der Waals surface area (Å²) in [6.07, 6.45) is -0.346. The van der Waals surface area contributed by atoms with Gasteiger partial charge in [-0.3, -0.25) is 14.4 Å². The number of carbonyl (C=O) groups is 4. The molecule has 0 atom stereocenters. The van der Waals surface area contributed by atoms with Crippen LogP contribution < -0.4 is 4.74 Å². The molecule has 0 saturated heterocycles. The molecule has 32 heavy (non-hydrogen) atoms. The third-order valence-electron chi connectivity index (χ3n) is 4.80. The van der Waals surface area contributed by atoms with E-state index in [0.717, 1.165) is 5.56 Å². The lowest BCUT2D eigenvalue weighted by molar-refractivity contribution is -0.134. The van der Waals surface area contributed by atoms with Crippen LogP contribution in [0.2, 0.25) is 0 Å². The molecule has 0 heterocycles. The Balaban J connectivity index is 2.70. The van der Waals surface area contributed by atoms with Gasteiger partial charge in [-0.2, -0.15) is 0 Å². The van der Waals surface area contributed by atoms with Gasteiger partial charge in [0.05, 0.1) is 16.7 Å². The van der Waals surface area contributed by atoms with Crippen molar-refractivity contribution in [1.29, 1.82) is 0 Å². The summed E-state index contributed by atoms with van der Waals surface area (Å²) in [6.45, 7) is 6.23. The Kier molecular flexibility index (Phi) is 8.12. The lowest BCUT2D eigenvalue weighted by Gasteiger charge is -2.19. The molecular weight excluding hydrogens is 416 g/mol. The molecular formula is C24H26O8. The molecule has 2 rings (SSSR count). The minimum atomic E-state index is -1.07. The molecule has 2 aromatic carbocycles. The van der Waals surface area contributed by atoms with E-state index < -0.39 is 57.4 Å². The Bertz CT molecular complexity index is 1050. The normalized spacial score (nSPS) is 10.5. The van der Waals surface area contributed by atoms with Crippen molar-refractivity contribution in [3.05, 3.63) is 52.1 Å². The first-order chi connectivity index (χ1) is 15.2. The molecule has 2 aromatic rings. The van der Waals surface area contributed by atoms with Gasteiger partial charge >= 0.3 is 11.9 Å². The van der Waals surface area contributed by atoms with Crippen molar-refractivity contribution in [2.24, 2.45) is 0 Å². The van der Waals surface area contributed by atoms with Crippen molar-refractivity contribution >= 4 is 23.5 Å². The second-order valence-corrected chi connectivity index (χ2v) is 7.09. The van der Waals surface area contributed by atoms with Gasteiger partial charge in [0.25, 0.3) is 0 Å². The van der Waals surface area contributed by atoms with Crippen LogP contribution in [0, 0.1) is 6.92 Å². The standard InChI is InChI=1S/C24H26O8/c1-5-15(25)18-20(24(30)31-12-14-10-8-13(4)9-11-14)19(16(26)6-2)23(22(29)21(18)28)32-17(27)7-3/h8-11,28-29H,5-7,12H2,1-4H3. The highest BCUT2D eigenvalue weighted by Gasteiger charge is 2.35. The predicted octanol–water partition coefficient (Wildman–Crippen LogP) is 4.26. The zero-order valence-corrected chi connectivity index (χ0v) is 18.5. The van der Waals surface area contributed by atoms with Crippen LogP contribution in [-0.2, 0) is 16.1 Å². The van der Waals surface area contributed by atoms with Crippen LogP contribution in [0.1, 0.15) is 82.2 Å². The van der Waals surface area contributed by atoms with E-state index >= 15 is 0 Å². The van der Waals surface area contributed by atoms with Crippen LogP contribution >= 0.6 is 0 Å². The summed E-state index contributed by atoms with van der Waals surface area (Å²) in [5.41, 5.74) is 0.112. The molecule has 2 N–H and O–H groups in total. The van der Waals surface area contributed by atoms with E-state index in [2.05, 4.69) is 0 Å². The van der Waals surface area contributed by atoms with Crippen molar-refractivity contribution in [3.63, 3.8) is 0 Å². The number of benzene rings is 2. The van der Waals surface area contributed by atoms with E-state index in [1.54, 1.807) is 12.1 Å². The van der Waals surface area contributed by atoms with Gasteiger partial charge in [0.2, 0.25) is 5.75 Å². The number of aryl methyl sites for hydroxylation is 1. The van der Waals surface area contributed by atoms with E-state index in [1.807, 2.05) is 19.1 Å². The second kappa shape index (κ2) is 10.6. The number of rotatable bonds is 9. The quantitative estimate of drug-likeness (QED) is 0.255. The number of ketones is 2. The lowest BCUT2D eigenvalue weighted by Crippen LogP contribution is -2.20. The second-order valence-electron chi connectivity index (χ2n) is 7.09. The summed E-state index contributed by atoms with van der Waals surface area (Å²) < 4.78 is 10.4. The van der Waals surface area contributed by atoms with Gasteiger partial charge in [0.15, 0.2) is 23.1 Å². The summed E-state index contributed by atoms with van der Waals surface area (Å²) in [5.74, 6) is -5.83. The van der Waals surface area contributed by atoms with Gasteiger partial charge in [0.1, 0.15) is 6.61 Å². The highest BCUT2D eigenvalue weighted by molar-refractivity contribution is 6.17. The van der Waals surface area contributed by atoms with Crippen molar-refractivity contribution in [1.82, 2.24) is 0 Å². The van der Waals surface area contributed by atoms with Crippen LogP contribution in [0.25, 0.3) is 0 Å². The lowest BCUT2D eigenvalue weighted by atomic mass is 9.91. The highest BCUT2D eigenvalue weighted by Crippen LogP contribution is 2.45.